The maximum absolute atomic E-state index is 13.5. The number of alkyl halides is 3. The van der Waals surface area contributed by atoms with Gasteiger partial charge in [0.15, 0.2) is 5.75 Å². The number of rotatable bonds is 12. The van der Waals surface area contributed by atoms with E-state index in [1.165, 1.54) is 18.4 Å². The van der Waals surface area contributed by atoms with Gasteiger partial charge in [-0.2, -0.15) is 13.2 Å². The Balaban J connectivity index is 0.000000708. The van der Waals surface area contributed by atoms with Gasteiger partial charge in [0.25, 0.3) is 11.5 Å². The minimum atomic E-state index is -5.08. The molecule has 1 atom stereocenters. The van der Waals surface area contributed by atoms with Crippen molar-refractivity contribution in [3.05, 3.63) is 39.5 Å². The van der Waals surface area contributed by atoms with Crippen molar-refractivity contribution in [2.24, 2.45) is 0 Å². The lowest BCUT2D eigenvalue weighted by atomic mass is 10.1. The van der Waals surface area contributed by atoms with Crippen LogP contribution in [0.15, 0.2) is 29.1 Å². The summed E-state index contributed by atoms with van der Waals surface area (Å²) in [6.45, 7) is 12.2. The minimum Gasteiger partial charge on any atom is -0.494 e. The number of methoxy groups -OCH3 is 1. The highest BCUT2D eigenvalue weighted by molar-refractivity contribution is 7.22. The molecule has 0 radical (unpaired) electrons. The van der Waals surface area contributed by atoms with Crippen LogP contribution in [0.3, 0.4) is 0 Å². The number of halogens is 3. The zero-order valence-corrected chi connectivity index (χ0v) is 24.4. The van der Waals surface area contributed by atoms with Crippen molar-refractivity contribution in [2.45, 2.75) is 72.1 Å². The number of hydrogen-bond acceptors (Lipinski definition) is 6. The van der Waals surface area contributed by atoms with Crippen molar-refractivity contribution in [1.82, 2.24) is 14.8 Å². The van der Waals surface area contributed by atoms with Crippen LogP contribution in [-0.4, -0.2) is 65.4 Å². The zero-order valence-electron chi connectivity index (χ0n) is 23.6. The van der Waals surface area contributed by atoms with Crippen LogP contribution in [0.2, 0.25) is 0 Å². The molecule has 12 heteroatoms. The van der Waals surface area contributed by atoms with E-state index < -0.39 is 12.1 Å². The lowest BCUT2D eigenvalue weighted by Crippen LogP contribution is -2.33. The number of carboxylic acid groups (broad SMARTS) is 1. The monoisotopic (exact) mass is 585 g/mol. The van der Waals surface area contributed by atoms with E-state index in [9.17, 15) is 22.8 Å². The fraction of sp³-hybridized carbons (Fsp3) is 0.536. The van der Waals surface area contributed by atoms with Gasteiger partial charge in [-0.1, -0.05) is 45.4 Å². The number of nitrogens with zero attached hydrogens (tertiary/aromatic N) is 2. The molecule has 1 aromatic carbocycles. The first-order valence-electron chi connectivity index (χ1n) is 13.4. The molecule has 0 aliphatic rings. The van der Waals surface area contributed by atoms with E-state index in [1.807, 2.05) is 35.8 Å². The lowest BCUT2D eigenvalue weighted by molar-refractivity contribution is -0.192. The minimum absolute atomic E-state index is 0.0425. The molecule has 1 amide bonds. The summed E-state index contributed by atoms with van der Waals surface area (Å²) < 4.78 is 40.0. The molecule has 40 heavy (non-hydrogen) atoms. The van der Waals surface area contributed by atoms with Gasteiger partial charge in [-0.25, -0.2) is 4.79 Å². The average Bonchev–Trinajstić information content (AvgIpc) is 3.31. The summed E-state index contributed by atoms with van der Waals surface area (Å²) in [5.41, 5.74) is 0.820. The van der Waals surface area contributed by atoms with Gasteiger partial charge in [0.05, 0.1) is 17.3 Å². The number of pyridine rings is 1. The highest BCUT2D eigenvalue weighted by Gasteiger charge is 2.38. The summed E-state index contributed by atoms with van der Waals surface area (Å²) in [6, 6.07) is 7.97. The van der Waals surface area contributed by atoms with Gasteiger partial charge in [-0.15, -0.1) is 11.3 Å². The van der Waals surface area contributed by atoms with E-state index in [2.05, 4.69) is 31.0 Å². The van der Waals surface area contributed by atoms with Crippen molar-refractivity contribution < 1.29 is 32.6 Å². The van der Waals surface area contributed by atoms with Crippen LogP contribution >= 0.6 is 11.3 Å². The van der Waals surface area contributed by atoms with Gasteiger partial charge in [-0.3, -0.25) is 9.59 Å². The third-order valence-electron chi connectivity index (χ3n) is 6.53. The number of benzene rings is 1. The molecular weight excluding hydrogens is 547 g/mol. The van der Waals surface area contributed by atoms with Gasteiger partial charge < -0.3 is 24.6 Å². The van der Waals surface area contributed by atoms with Crippen molar-refractivity contribution in [1.29, 1.82) is 0 Å². The number of unbranched alkanes of at least 4 members (excludes halogenated alkanes) is 1. The zero-order chi connectivity index (χ0) is 30.0. The Bertz CT molecular complexity index is 1350. The maximum atomic E-state index is 13.5. The first kappa shape index (κ1) is 33.1. The van der Waals surface area contributed by atoms with E-state index >= 15 is 0 Å². The number of fused-ring (bicyclic) bond motifs is 3. The molecular formula is C28H38F3N3O5S. The number of ether oxygens (including phenoxy) is 1. The number of aryl methyl sites for hydroxylation is 1. The molecule has 0 aliphatic carbocycles. The van der Waals surface area contributed by atoms with Crippen molar-refractivity contribution in [3.63, 3.8) is 0 Å². The SMILES string of the molecule is CCCCn1c(=O)c2c(OC)c(C(=O)NC(C)CCCN(CC)CC)sc2c2ccccc21.O=C(O)C(F)(F)F. The number of carbonyl (C=O) groups excluding carboxylic acids is 1. The molecule has 0 fully saturated rings. The average molecular weight is 586 g/mol. The molecule has 3 rings (SSSR count). The van der Waals surface area contributed by atoms with Crippen LogP contribution < -0.4 is 15.6 Å². The number of thiophene rings is 1. The molecule has 0 saturated carbocycles. The van der Waals surface area contributed by atoms with Crippen molar-refractivity contribution >= 4 is 44.2 Å². The fourth-order valence-electron chi connectivity index (χ4n) is 4.35. The fourth-order valence-corrected chi connectivity index (χ4v) is 5.55. The number of carbonyl (C=O) groups is 2. The number of aromatic nitrogens is 1. The molecule has 0 aliphatic heterocycles. The van der Waals surface area contributed by atoms with Gasteiger partial charge in [0.1, 0.15) is 10.3 Å². The summed E-state index contributed by atoms with van der Waals surface area (Å²) in [4.78, 5) is 38.5. The number of amides is 1. The maximum Gasteiger partial charge on any atom is 0.490 e. The third-order valence-corrected chi connectivity index (χ3v) is 7.74. The van der Waals surface area contributed by atoms with Crippen LogP contribution in [0.25, 0.3) is 21.0 Å². The van der Waals surface area contributed by atoms with E-state index in [1.54, 1.807) is 0 Å². The summed E-state index contributed by atoms with van der Waals surface area (Å²) in [5, 5.41) is 11.7. The molecule has 0 bridgehead atoms. The lowest BCUT2D eigenvalue weighted by Gasteiger charge is -2.19. The van der Waals surface area contributed by atoms with Crippen LogP contribution in [0.1, 0.15) is 63.0 Å². The molecule has 2 heterocycles. The number of nitrogens with one attached hydrogen (secondary N) is 1. The second-order valence-corrected chi connectivity index (χ2v) is 10.4. The normalized spacial score (nSPS) is 12.3. The molecule has 0 spiro atoms. The molecule has 1 unspecified atom stereocenters. The highest BCUT2D eigenvalue weighted by atomic mass is 32.1. The molecule has 8 nitrogen and oxygen atoms in total. The second kappa shape index (κ2) is 15.0. The molecule has 3 aromatic rings. The van der Waals surface area contributed by atoms with E-state index in [0.29, 0.717) is 22.6 Å². The molecule has 2 aromatic heterocycles. The Kier molecular flexibility index (Phi) is 12.4. The summed E-state index contributed by atoms with van der Waals surface area (Å²) in [7, 11) is 1.54. The summed E-state index contributed by atoms with van der Waals surface area (Å²) >= 11 is 1.35. The number of carboxylic acids is 1. The number of hydrogen-bond donors (Lipinski definition) is 2. The van der Waals surface area contributed by atoms with Gasteiger partial charge in [0, 0.05) is 18.0 Å². The molecule has 2 N–H and O–H groups in total. The van der Waals surface area contributed by atoms with Crippen LogP contribution in [0, 0.1) is 0 Å². The van der Waals surface area contributed by atoms with Gasteiger partial charge in [-0.05, 0) is 51.9 Å². The summed E-state index contributed by atoms with van der Waals surface area (Å²) in [6.07, 6.45) is -1.23. The predicted octanol–water partition coefficient (Wildman–Crippen LogP) is 5.90. The van der Waals surface area contributed by atoms with Crippen molar-refractivity contribution in [3.8, 4) is 5.75 Å². The van der Waals surface area contributed by atoms with E-state index in [4.69, 9.17) is 14.6 Å². The van der Waals surface area contributed by atoms with Gasteiger partial charge in [0.2, 0.25) is 0 Å². The van der Waals surface area contributed by atoms with Crippen LogP contribution in [0.4, 0.5) is 13.2 Å². The Morgan fingerprint density at radius 3 is 2.33 bits per heavy atom. The van der Waals surface area contributed by atoms with Crippen molar-refractivity contribution in [2.75, 3.05) is 26.7 Å². The van der Waals surface area contributed by atoms with Gasteiger partial charge >= 0.3 is 12.1 Å². The number of aliphatic carboxylic acids is 1. The molecule has 0 saturated heterocycles. The Morgan fingerprint density at radius 1 is 1.15 bits per heavy atom. The standard InChI is InChI=1S/C26H37N3O3S.C2HF3O2/c1-6-9-17-29-20-15-11-10-14-19(20)23-21(26(29)31)22(32-5)24(33-23)25(30)27-18(4)13-12-16-28(7-2)8-3;3-2(4,5)1(6)7/h10-11,14-15,18H,6-9,12-13,16-17H2,1-5H3,(H,27,30);(H,6,7). The second-order valence-electron chi connectivity index (χ2n) is 9.34. The quantitative estimate of drug-likeness (QED) is 0.275. The third kappa shape index (κ3) is 8.20. The highest BCUT2D eigenvalue weighted by Crippen LogP contribution is 2.39. The molecule has 222 valence electrons. The Hall–Kier alpha value is -3.12. The topological polar surface area (TPSA) is 101 Å². The van der Waals surface area contributed by atoms with Crippen LogP contribution in [0.5, 0.6) is 5.75 Å². The van der Waals surface area contributed by atoms with E-state index in [-0.39, 0.29) is 17.5 Å². The first-order chi connectivity index (χ1) is 18.9. The largest absolute Gasteiger partial charge is 0.494 e. The smallest absolute Gasteiger partial charge is 0.490 e. The van der Waals surface area contributed by atoms with E-state index in [0.717, 1.165) is 60.9 Å². The first-order valence-corrected chi connectivity index (χ1v) is 14.2. The summed E-state index contributed by atoms with van der Waals surface area (Å²) in [5.74, 6) is -2.54. The number of para-hydroxylation sites is 1. The Labute approximate surface area is 235 Å². The Morgan fingerprint density at radius 2 is 1.77 bits per heavy atom. The predicted molar refractivity (Wildman–Crippen MR) is 153 cm³/mol. The van der Waals surface area contributed by atoms with Crippen LogP contribution in [-0.2, 0) is 11.3 Å².